The van der Waals surface area contributed by atoms with Gasteiger partial charge in [0.25, 0.3) is 11.8 Å². The molecule has 0 atom stereocenters. The van der Waals surface area contributed by atoms with Crippen LogP contribution in [0.5, 0.6) is 17.2 Å². The van der Waals surface area contributed by atoms with E-state index < -0.39 is 0 Å². The fourth-order valence-electron chi connectivity index (χ4n) is 2.83. The average Bonchev–Trinajstić information content (AvgIpc) is 3.04. The number of nitrogens with zero attached hydrogens (tertiary/aromatic N) is 1. The maximum absolute atomic E-state index is 12.9. The quantitative estimate of drug-likeness (QED) is 0.712. The van der Waals surface area contributed by atoms with Gasteiger partial charge in [-0.25, -0.2) is 0 Å². The third-order valence-electron chi connectivity index (χ3n) is 4.40. The number of methoxy groups -OCH3 is 2. The third kappa shape index (κ3) is 5.51. The van der Waals surface area contributed by atoms with Gasteiger partial charge in [-0.1, -0.05) is 12.2 Å². The maximum Gasteiger partial charge on any atom is 0.269 e. The number of aromatic nitrogens is 1. The van der Waals surface area contributed by atoms with E-state index in [-0.39, 0.29) is 17.5 Å². The molecule has 2 amide bonds. The molecule has 0 fully saturated rings. The number of carbonyl (C=O) groups excluding carboxylic acids is 2. The van der Waals surface area contributed by atoms with Crippen LogP contribution in [0.3, 0.4) is 0 Å². The fraction of sp³-hybridized carbons (Fsp3) is 0.174. The smallest absolute Gasteiger partial charge is 0.269 e. The molecule has 0 unspecified atom stereocenters. The Labute approximate surface area is 180 Å². The number of hydrogen-bond donors (Lipinski definition) is 2. The van der Waals surface area contributed by atoms with Gasteiger partial charge in [0.1, 0.15) is 28.7 Å². The highest BCUT2D eigenvalue weighted by atomic mass is 16.5. The van der Waals surface area contributed by atoms with Crippen molar-refractivity contribution >= 4 is 17.5 Å². The Hall–Kier alpha value is -4.07. The Kier molecular flexibility index (Phi) is 7.05. The number of pyridine rings is 1. The molecule has 3 rings (SSSR count). The Morgan fingerprint density at radius 1 is 1.03 bits per heavy atom. The summed E-state index contributed by atoms with van der Waals surface area (Å²) in [5, 5.41) is 5.36. The summed E-state index contributed by atoms with van der Waals surface area (Å²) in [6.45, 7) is 0. The molecule has 8 nitrogen and oxygen atoms in total. The number of nitrogens with one attached hydrogen (secondary N) is 2. The summed E-state index contributed by atoms with van der Waals surface area (Å²) < 4.78 is 16.4. The minimum atomic E-state index is -0.322. The molecular formula is C23H23N3O5. The molecule has 1 aliphatic rings. The van der Waals surface area contributed by atoms with Crippen LogP contribution in [0.15, 0.2) is 72.2 Å². The minimum absolute atomic E-state index is 0.233. The van der Waals surface area contributed by atoms with E-state index >= 15 is 0 Å². The van der Waals surface area contributed by atoms with E-state index in [1.54, 1.807) is 49.6 Å². The van der Waals surface area contributed by atoms with Crippen LogP contribution in [0.4, 0.5) is 5.69 Å². The molecule has 0 spiro atoms. The number of hydrogen-bond acceptors (Lipinski definition) is 6. The number of anilines is 1. The Morgan fingerprint density at radius 3 is 2.61 bits per heavy atom. The summed E-state index contributed by atoms with van der Waals surface area (Å²) in [4.78, 5) is 28.7. The summed E-state index contributed by atoms with van der Waals surface area (Å²) in [5.74, 6) is 1.35. The summed E-state index contributed by atoms with van der Waals surface area (Å²) in [6, 6.07) is 8.32. The zero-order chi connectivity index (χ0) is 22.2. The van der Waals surface area contributed by atoms with E-state index in [1.807, 2.05) is 6.08 Å². The van der Waals surface area contributed by atoms with E-state index in [2.05, 4.69) is 15.6 Å². The van der Waals surface area contributed by atoms with Crippen LogP contribution >= 0.6 is 0 Å². The van der Waals surface area contributed by atoms with Crippen molar-refractivity contribution in [3.63, 3.8) is 0 Å². The van der Waals surface area contributed by atoms with Crippen molar-refractivity contribution in [3.05, 3.63) is 77.9 Å². The zero-order valence-corrected chi connectivity index (χ0v) is 17.5. The lowest BCUT2D eigenvalue weighted by molar-refractivity contribution is -0.112. The van der Waals surface area contributed by atoms with E-state index in [0.29, 0.717) is 40.7 Å². The summed E-state index contributed by atoms with van der Waals surface area (Å²) in [5.41, 5.74) is 1.15. The van der Waals surface area contributed by atoms with Crippen LogP contribution in [0, 0.1) is 0 Å². The second-order valence-electron chi connectivity index (χ2n) is 6.42. The Bertz CT molecular complexity index is 1070. The largest absolute Gasteiger partial charge is 0.497 e. The van der Waals surface area contributed by atoms with Gasteiger partial charge >= 0.3 is 0 Å². The fourth-order valence-corrected chi connectivity index (χ4v) is 2.83. The normalized spacial score (nSPS) is 12.7. The molecule has 2 N–H and O–H groups in total. The van der Waals surface area contributed by atoms with Crippen LogP contribution in [0.25, 0.3) is 0 Å². The van der Waals surface area contributed by atoms with Crippen LogP contribution in [-0.2, 0) is 4.79 Å². The van der Waals surface area contributed by atoms with E-state index in [4.69, 9.17) is 14.2 Å². The highest BCUT2D eigenvalue weighted by Crippen LogP contribution is 2.29. The highest BCUT2D eigenvalue weighted by molar-refractivity contribution is 6.06. The van der Waals surface area contributed by atoms with Gasteiger partial charge < -0.3 is 24.8 Å². The molecule has 1 aromatic heterocycles. The predicted octanol–water partition coefficient (Wildman–Crippen LogP) is 3.25. The van der Waals surface area contributed by atoms with Crippen molar-refractivity contribution in [3.8, 4) is 17.2 Å². The summed E-state index contributed by atoms with van der Waals surface area (Å²) >= 11 is 0. The van der Waals surface area contributed by atoms with Gasteiger partial charge in [0.05, 0.1) is 19.9 Å². The molecule has 0 aliphatic heterocycles. The van der Waals surface area contributed by atoms with Gasteiger partial charge in [-0.2, -0.15) is 0 Å². The van der Waals surface area contributed by atoms with Crippen LogP contribution in [0.1, 0.15) is 16.9 Å². The van der Waals surface area contributed by atoms with E-state index in [9.17, 15) is 9.59 Å². The first-order valence-corrected chi connectivity index (χ1v) is 9.51. The molecule has 1 aromatic carbocycles. The summed E-state index contributed by atoms with van der Waals surface area (Å²) in [6.07, 6.45) is 9.10. The molecular weight excluding hydrogens is 398 g/mol. The first kappa shape index (κ1) is 21.6. The standard InChI is InChI=1S/C23H23N3O5/c1-24-23(28)20-14-18(10-11-25-20)31-17-7-5-4-6-15(12-17)22(27)26-19-13-16(29-2)8-9-21(19)30-3/h5-14H,4H2,1-3H3,(H,24,28)(H,26,27). The zero-order valence-electron chi connectivity index (χ0n) is 17.5. The van der Waals surface area contributed by atoms with Crippen molar-refractivity contribution in [2.24, 2.45) is 0 Å². The monoisotopic (exact) mass is 421 g/mol. The van der Waals surface area contributed by atoms with Gasteiger partial charge in [-0.05, 0) is 36.8 Å². The minimum Gasteiger partial charge on any atom is -0.497 e. The molecule has 2 aromatic rings. The van der Waals surface area contributed by atoms with Gasteiger partial charge in [0.2, 0.25) is 0 Å². The van der Waals surface area contributed by atoms with E-state index in [1.165, 1.54) is 26.4 Å². The van der Waals surface area contributed by atoms with Crippen LogP contribution in [-0.4, -0.2) is 38.1 Å². The molecule has 0 saturated heterocycles. The molecule has 1 aliphatic carbocycles. The lowest BCUT2D eigenvalue weighted by Gasteiger charge is -2.12. The number of amides is 2. The second-order valence-corrected chi connectivity index (χ2v) is 6.42. The lowest BCUT2D eigenvalue weighted by Crippen LogP contribution is -2.19. The lowest BCUT2D eigenvalue weighted by atomic mass is 10.2. The van der Waals surface area contributed by atoms with Crippen LogP contribution in [0.2, 0.25) is 0 Å². The first-order chi connectivity index (χ1) is 15.0. The van der Waals surface area contributed by atoms with Gasteiger partial charge in [-0.15, -0.1) is 0 Å². The second kappa shape index (κ2) is 10.1. The molecule has 1 heterocycles. The van der Waals surface area contributed by atoms with Crippen molar-refractivity contribution in [1.82, 2.24) is 10.3 Å². The van der Waals surface area contributed by atoms with E-state index in [0.717, 1.165) is 0 Å². The summed E-state index contributed by atoms with van der Waals surface area (Å²) in [7, 11) is 4.61. The third-order valence-corrected chi connectivity index (χ3v) is 4.40. The number of carbonyl (C=O) groups is 2. The number of allylic oxidation sites excluding steroid dienone is 3. The number of rotatable bonds is 7. The Balaban J connectivity index is 1.80. The molecule has 8 heteroatoms. The topological polar surface area (TPSA) is 98.8 Å². The molecule has 0 saturated carbocycles. The molecule has 31 heavy (non-hydrogen) atoms. The highest BCUT2D eigenvalue weighted by Gasteiger charge is 2.15. The first-order valence-electron chi connectivity index (χ1n) is 9.51. The van der Waals surface area contributed by atoms with Gasteiger partial charge in [0.15, 0.2) is 0 Å². The van der Waals surface area contributed by atoms with Crippen LogP contribution < -0.4 is 24.8 Å². The van der Waals surface area contributed by atoms with Crippen molar-refractivity contribution in [2.75, 3.05) is 26.6 Å². The molecule has 160 valence electrons. The van der Waals surface area contributed by atoms with Gasteiger partial charge in [0, 0.05) is 31.0 Å². The predicted molar refractivity (Wildman–Crippen MR) is 116 cm³/mol. The Morgan fingerprint density at radius 2 is 1.87 bits per heavy atom. The number of benzene rings is 1. The molecule has 0 radical (unpaired) electrons. The maximum atomic E-state index is 12.9. The van der Waals surface area contributed by atoms with Crippen molar-refractivity contribution < 1.29 is 23.8 Å². The number of ether oxygens (including phenoxy) is 3. The van der Waals surface area contributed by atoms with Gasteiger partial charge in [-0.3, -0.25) is 14.6 Å². The SMILES string of the molecule is CNC(=O)c1cc(OC2=CC(C(=O)Nc3cc(OC)ccc3OC)=CCC=C2)ccn1. The average molecular weight is 421 g/mol. The van der Waals surface area contributed by atoms with Crippen molar-refractivity contribution in [2.45, 2.75) is 6.42 Å². The molecule has 0 bridgehead atoms. The van der Waals surface area contributed by atoms with Crippen molar-refractivity contribution in [1.29, 1.82) is 0 Å².